The molecule has 1 aromatic rings. The third kappa shape index (κ3) is 4.18. The normalized spacial score (nSPS) is 23.7. The quantitative estimate of drug-likeness (QED) is 0.873. The number of benzene rings is 1. The maximum absolute atomic E-state index is 12.0. The van der Waals surface area contributed by atoms with Gasteiger partial charge in [0.15, 0.2) is 0 Å². The molecule has 2 N–H and O–H groups in total. The maximum atomic E-state index is 12.0. The molecule has 1 fully saturated rings. The summed E-state index contributed by atoms with van der Waals surface area (Å²) < 4.78 is 26.5. The Hall–Kier alpha value is -0.620. The minimum absolute atomic E-state index is 0.0287. The molecule has 0 aliphatic heterocycles. The molecule has 2 atom stereocenters. The minimum Gasteiger partial charge on any atom is -0.393 e. The summed E-state index contributed by atoms with van der Waals surface area (Å²) in [5.41, 5.74) is 0.587. The molecule has 1 saturated carbocycles. The maximum Gasteiger partial charge on any atom is 0.215 e. The van der Waals surface area contributed by atoms with Gasteiger partial charge in [-0.05, 0) is 30.4 Å². The van der Waals surface area contributed by atoms with Crippen molar-refractivity contribution in [2.45, 2.75) is 31.1 Å². The van der Waals surface area contributed by atoms with Crippen LogP contribution in [0.25, 0.3) is 0 Å². The molecule has 0 radical (unpaired) electrons. The summed E-state index contributed by atoms with van der Waals surface area (Å²) in [5.74, 6) is -0.101. The highest BCUT2D eigenvalue weighted by Gasteiger charge is 2.26. The molecule has 106 valence electrons. The van der Waals surface area contributed by atoms with Crippen LogP contribution in [0, 0.1) is 5.92 Å². The summed E-state index contributed by atoms with van der Waals surface area (Å²) in [5, 5.41) is 10.1. The molecule has 0 amide bonds. The minimum atomic E-state index is -3.41. The van der Waals surface area contributed by atoms with Gasteiger partial charge in [0, 0.05) is 11.6 Å². The summed E-state index contributed by atoms with van der Waals surface area (Å²) in [6.45, 7) is 0.300. The lowest BCUT2D eigenvalue weighted by molar-refractivity contribution is 0.134. The second-order valence-electron chi connectivity index (χ2n) is 4.96. The van der Waals surface area contributed by atoms with Gasteiger partial charge in [-0.15, -0.1) is 0 Å². The fourth-order valence-electron chi connectivity index (χ4n) is 2.36. The molecular weight excluding hydrogens is 286 g/mol. The first-order valence-corrected chi connectivity index (χ1v) is 8.40. The predicted molar refractivity (Wildman–Crippen MR) is 75.4 cm³/mol. The highest BCUT2D eigenvalue weighted by molar-refractivity contribution is 7.88. The Morgan fingerprint density at radius 1 is 1.32 bits per heavy atom. The zero-order valence-corrected chi connectivity index (χ0v) is 12.1. The number of rotatable bonds is 5. The molecule has 2 unspecified atom stereocenters. The zero-order chi connectivity index (χ0) is 13.9. The van der Waals surface area contributed by atoms with Gasteiger partial charge in [-0.3, -0.25) is 0 Å². The predicted octanol–water partition coefficient (Wildman–Crippen LogP) is 1.92. The molecule has 2 rings (SSSR count). The van der Waals surface area contributed by atoms with Crippen LogP contribution in [0.3, 0.4) is 0 Å². The van der Waals surface area contributed by atoms with E-state index >= 15 is 0 Å². The number of aliphatic hydroxyl groups excluding tert-OH is 1. The molecule has 19 heavy (non-hydrogen) atoms. The fourth-order valence-corrected chi connectivity index (χ4v) is 3.87. The molecule has 0 heterocycles. The summed E-state index contributed by atoms with van der Waals surface area (Å²) in [7, 11) is -3.41. The Labute approximate surface area is 118 Å². The SMILES string of the molecule is O=S(=O)(Cc1ccccc1Cl)NCC1CCCC1O. The van der Waals surface area contributed by atoms with E-state index in [9.17, 15) is 13.5 Å². The number of aliphatic hydroxyl groups is 1. The molecule has 1 aliphatic rings. The van der Waals surface area contributed by atoms with Crippen LogP contribution in [0.4, 0.5) is 0 Å². The first-order valence-electron chi connectivity index (χ1n) is 6.37. The molecule has 0 spiro atoms. The number of hydrogen-bond acceptors (Lipinski definition) is 3. The van der Waals surface area contributed by atoms with Crippen molar-refractivity contribution in [2.24, 2.45) is 5.92 Å². The second-order valence-corrected chi connectivity index (χ2v) is 7.17. The van der Waals surface area contributed by atoms with Gasteiger partial charge in [-0.2, -0.15) is 0 Å². The van der Waals surface area contributed by atoms with Crippen molar-refractivity contribution in [1.82, 2.24) is 4.72 Å². The lowest BCUT2D eigenvalue weighted by Gasteiger charge is -2.15. The van der Waals surface area contributed by atoms with Crippen LogP contribution in [0.5, 0.6) is 0 Å². The summed E-state index contributed by atoms with van der Waals surface area (Å²) in [6, 6.07) is 6.90. The Morgan fingerprint density at radius 3 is 2.68 bits per heavy atom. The van der Waals surface area contributed by atoms with E-state index in [0.29, 0.717) is 17.1 Å². The van der Waals surface area contributed by atoms with Crippen molar-refractivity contribution in [3.05, 3.63) is 34.9 Å². The molecule has 6 heteroatoms. The first kappa shape index (κ1) is 14.8. The van der Waals surface area contributed by atoms with Crippen LogP contribution in [-0.4, -0.2) is 26.2 Å². The largest absolute Gasteiger partial charge is 0.393 e. The van der Waals surface area contributed by atoms with Gasteiger partial charge in [-0.1, -0.05) is 36.2 Å². The van der Waals surface area contributed by atoms with Crippen LogP contribution < -0.4 is 4.72 Å². The lowest BCUT2D eigenvalue weighted by Crippen LogP contribution is -2.33. The average Bonchev–Trinajstić information content (AvgIpc) is 2.75. The van der Waals surface area contributed by atoms with E-state index in [-0.39, 0.29) is 17.8 Å². The summed E-state index contributed by atoms with van der Waals surface area (Å²) >= 11 is 5.95. The second kappa shape index (κ2) is 6.22. The Kier molecular flexibility index (Phi) is 4.84. The van der Waals surface area contributed by atoms with E-state index in [1.165, 1.54) is 0 Å². The Bertz CT molecular complexity index is 532. The van der Waals surface area contributed by atoms with Crippen molar-refractivity contribution in [1.29, 1.82) is 0 Å². The van der Waals surface area contributed by atoms with E-state index in [1.807, 2.05) is 0 Å². The van der Waals surface area contributed by atoms with Gasteiger partial charge in [0.2, 0.25) is 10.0 Å². The van der Waals surface area contributed by atoms with Crippen molar-refractivity contribution >= 4 is 21.6 Å². The summed E-state index contributed by atoms with van der Waals surface area (Å²) in [6.07, 6.45) is 2.20. The highest BCUT2D eigenvalue weighted by Crippen LogP contribution is 2.25. The Balaban J connectivity index is 1.94. The van der Waals surface area contributed by atoms with Gasteiger partial charge in [0.25, 0.3) is 0 Å². The van der Waals surface area contributed by atoms with Crippen LogP contribution in [0.1, 0.15) is 24.8 Å². The highest BCUT2D eigenvalue weighted by atomic mass is 35.5. The number of halogens is 1. The topological polar surface area (TPSA) is 66.4 Å². The monoisotopic (exact) mass is 303 g/mol. The van der Waals surface area contributed by atoms with Crippen molar-refractivity contribution in [3.63, 3.8) is 0 Å². The van der Waals surface area contributed by atoms with Crippen molar-refractivity contribution < 1.29 is 13.5 Å². The van der Waals surface area contributed by atoms with Crippen LogP contribution in [0.2, 0.25) is 5.02 Å². The Morgan fingerprint density at radius 2 is 2.05 bits per heavy atom. The zero-order valence-electron chi connectivity index (χ0n) is 10.5. The summed E-state index contributed by atoms with van der Waals surface area (Å²) in [4.78, 5) is 0. The molecule has 1 aromatic carbocycles. The van der Waals surface area contributed by atoms with Gasteiger partial charge in [0.05, 0.1) is 11.9 Å². The number of nitrogens with one attached hydrogen (secondary N) is 1. The van der Waals surface area contributed by atoms with E-state index in [0.717, 1.165) is 19.3 Å². The third-order valence-electron chi connectivity index (χ3n) is 3.49. The van der Waals surface area contributed by atoms with E-state index in [2.05, 4.69) is 4.72 Å². The van der Waals surface area contributed by atoms with Gasteiger partial charge in [-0.25, -0.2) is 13.1 Å². The third-order valence-corrected chi connectivity index (χ3v) is 5.15. The van der Waals surface area contributed by atoms with Crippen molar-refractivity contribution in [3.8, 4) is 0 Å². The van der Waals surface area contributed by atoms with Crippen LogP contribution in [0.15, 0.2) is 24.3 Å². The van der Waals surface area contributed by atoms with E-state index in [4.69, 9.17) is 11.6 Å². The average molecular weight is 304 g/mol. The molecule has 0 bridgehead atoms. The smallest absolute Gasteiger partial charge is 0.215 e. The van der Waals surface area contributed by atoms with E-state index in [1.54, 1.807) is 24.3 Å². The van der Waals surface area contributed by atoms with Gasteiger partial charge < -0.3 is 5.11 Å². The van der Waals surface area contributed by atoms with Crippen LogP contribution >= 0.6 is 11.6 Å². The molecular formula is C13H18ClNO3S. The van der Waals surface area contributed by atoms with Gasteiger partial charge >= 0.3 is 0 Å². The molecule has 0 aromatic heterocycles. The fraction of sp³-hybridized carbons (Fsp3) is 0.538. The lowest BCUT2D eigenvalue weighted by atomic mass is 10.1. The van der Waals surface area contributed by atoms with Gasteiger partial charge in [0.1, 0.15) is 0 Å². The first-order chi connectivity index (χ1) is 8.98. The molecule has 4 nitrogen and oxygen atoms in total. The van der Waals surface area contributed by atoms with E-state index < -0.39 is 10.0 Å². The van der Waals surface area contributed by atoms with Crippen molar-refractivity contribution in [2.75, 3.05) is 6.54 Å². The van der Waals surface area contributed by atoms with Crippen LogP contribution in [-0.2, 0) is 15.8 Å². The number of sulfonamides is 1. The standard InChI is InChI=1S/C13H18ClNO3S/c14-12-6-2-1-4-11(12)9-19(17,18)15-8-10-5-3-7-13(10)16/h1-2,4,6,10,13,15-16H,3,5,7-9H2. The molecule has 1 aliphatic carbocycles. The molecule has 0 saturated heterocycles. The number of hydrogen-bond donors (Lipinski definition) is 2.